The molecule has 0 heterocycles. The summed E-state index contributed by atoms with van der Waals surface area (Å²) < 4.78 is 0. The molecule has 2 heteroatoms. The summed E-state index contributed by atoms with van der Waals surface area (Å²) in [4.78, 5) is 13.7. The molecule has 5 atom stereocenters. The molecule has 3 aliphatic carbocycles. The van der Waals surface area contributed by atoms with Gasteiger partial charge in [0.25, 0.3) is 0 Å². The van der Waals surface area contributed by atoms with E-state index < -0.39 is 0 Å². The van der Waals surface area contributed by atoms with Crippen LogP contribution in [0.4, 0.5) is 0 Å². The first-order valence-electron chi connectivity index (χ1n) is 6.51. The number of carbonyl (C=O) groups excluding carboxylic acids is 1. The minimum Gasteiger partial charge on any atom is -0.339 e. The lowest BCUT2D eigenvalue weighted by atomic mass is 9.75. The molecule has 3 fully saturated rings. The Morgan fingerprint density at radius 2 is 1.93 bits per heavy atom. The van der Waals surface area contributed by atoms with E-state index >= 15 is 0 Å². The van der Waals surface area contributed by atoms with Gasteiger partial charge in [0, 0.05) is 5.92 Å². The molecule has 0 aromatic heterocycles. The highest BCUT2D eigenvalue weighted by atomic mass is 16.1. The molecule has 0 aliphatic heterocycles. The fourth-order valence-electron chi connectivity index (χ4n) is 4.66. The summed E-state index contributed by atoms with van der Waals surface area (Å²) in [6.45, 7) is 1.07. The maximum absolute atomic E-state index is 12.2. The maximum atomic E-state index is 12.2. The molecule has 3 aliphatic rings. The highest BCUT2D eigenvalue weighted by molar-refractivity contribution is 5.87. The molecule has 0 radical (unpaired) electrons. The first-order chi connectivity index (χ1) is 7.18. The van der Waals surface area contributed by atoms with Crippen LogP contribution in [0, 0.1) is 29.6 Å². The van der Waals surface area contributed by atoms with Crippen molar-refractivity contribution in [2.24, 2.45) is 29.6 Å². The summed E-state index contributed by atoms with van der Waals surface area (Å²) in [5.74, 6) is 4.02. The van der Waals surface area contributed by atoms with Crippen LogP contribution in [0.2, 0.25) is 0 Å². The largest absolute Gasteiger partial charge is 0.339 e. The molecule has 15 heavy (non-hydrogen) atoms. The van der Waals surface area contributed by atoms with Gasteiger partial charge in [-0.1, -0.05) is 6.42 Å². The number of Topliss-reactive ketones (excluding diaryl/α,β-unsaturated/α-hetero) is 1. The second kappa shape index (κ2) is 3.31. The van der Waals surface area contributed by atoms with Gasteiger partial charge >= 0.3 is 0 Å². The van der Waals surface area contributed by atoms with Gasteiger partial charge in [0.05, 0.1) is 26.6 Å². The summed E-state index contributed by atoms with van der Waals surface area (Å²) in [5.41, 5.74) is 0. The summed E-state index contributed by atoms with van der Waals surface area (Å²) in [5, 5.41) is 0. The number of carbonyl (C=O) groups is 1. The zero-order chi connectivity index (χ0) is 10.6. The molecular formula is C13H22NO+. The van der Waals surface area contributed by atoms with Crippen LogP contribution >= 0.6 is 0 Å². The minimum absolute atomic E-state index is 0.416. The van der Waals surface area contributed by atoms with E-state index in [2.05, 4.69) is 14.1 Å². The predicted octanol–water partition coefficient (Wildman–Crippen LogP) is 0.382. The van der Waals surface area contributed by atoms with Gasteiger partial charge in [-0.3, -0.25) is 4.79 Å². The zero-order valence-electron chi connectivity index (χ0n) is 9.83. The lowest BCUT2D eigenvalue weighted by Crippen LogP contribution is -3.06. The molecule has 0 amide bonds. The van der Waals surface area contributed by atoms with Crippen molar-refractivity contribution in [2.45, 2.75) is 25.7 Å². The molecule has 0 saturated heterocycles. The lowest BCUT2D eigenvalue weighted by molar-refractivity contribution is -0.861. The van der Waals surface area contributed by atoms with Crippen molar-refractivity contribution < 1.29 is 9.69 Å². The van der Waals surface area contributed by atoms with E-state index in [-0.39, 0.29) is 0 Å². The standard InChI is InChI=1S/C13H21NO/c1-14(2)7-12-10-6-11(13(12)15)9-5-3-4-8(9)10/h8-12H,3-7H2,1-2H3/p+1/t8-,9-,10+,11-,12+/m0/s1. The van der Waals surface area contributed by atoms with Crippen LogP contribution < -0.4 is 4.90 Å². The lowest BCUT2D eigenvalue weighted by Gasteiger charge is -2.30. The molecule has 0 unspecified atom stereocenters. The van der Waals surface area contributed by atoms with Gasteiger partial charge in [-0.2, -0.15) is 0 Å². The topological polar surface area (TPSA) is 21.5 Å². The molecule has 3 saturated carbocycles. The number of ketones is 1. The second-order valence-corrected chi connectivity index (χ2v) is 6.18. The summed E-state index contributed by atoms with van der Waals surface area (Å²) in [6.07, 6.45) is 5.39. The van der Waals surface area contributed by atoms with Crippen molar-refractivity contribution in [3.63, 3.8) is 0 Å². The van der Waals surface area contributed by atoms with Crippen LogP contribution in [0.15, 0.2) is 0 Å². The van der Waals surface area contributed by atoms with Crippen molar-refractivity contribution in [1.29, 1.82) is 0 Å². The van der Waals surface area contributed by atoms with Gasteiger partial charge in [-0.05, 0) is 37.0 Å². The van der Waals surface area contributed by atoms with Crippen LogP contribution in [0.3, 0.4) is 0 Å². The fourth-order valence-corrected chi connectivity index (χ4v) is 4.66. The Morgan fingerprint density at radius 3 is 2.67 bits per heavy atom. The number of hydrogen-bond acceptors (Lipinski definition) is 1. The van der Waals surface area contributed by atoms with E-state index in [1.807, 2.05) is 0 Å². The van der Waals surface area contributed by atoms with Gasteiger partial charge in [-0.25, -0.2) is 0 Å². The molecule has 0 aromatic carbocycles. The van der Waals surface area contributed by atoms with Crippen molar-refractivity contribution in [1.82, 2.24) is 0 Å². The molecular weight excluding hydrogens is 186 g/mol. The monoisotopic (exact) mass is 208 g/mol. The van der Waals surface area contributed by atoms with E-state index in [9.17, 15) is 4.79 Å². The first-order valence-corrected chi connectivity index (χ1v) is 6.51. The Bertz CT molecular complexity index is 286. The number of fused-ring (bicyclic) bond motifs is 5. The van der Waals surface area contributed by atoms with Gasteiger partial charge < -0.3 is 4.90 Å². The van der Waals surface area contributed by atoms with Crippen molar-refractivity contribution in [2.75, 3.05) is 20.6 Å². The minimum atomic E-state index is 0.416. The quantitative estimate of drug-likeness (QED) is 0.696. The SMILES string of the molecule is C[NH+](C)C[C@H]1C(=O)[C@H]2C[C@@H]1[C@H]1CCC[C@@H]12. The Hall–Kier alpha value is -0.370. The van der Waals surface area contributed by atoms with Gasteiger partial charge in [0.15, 0.2) is 0 Å². The van der Waals surface area contributed by atoms with E-state index in [0.717, 1.165) is 24.3 Å². The Morgan fingerprint density at radius 1 is 1.20 bits per heavy atom. The number of nitrogens with one attached hydrogen (secondary N) is 1. The van der Waals surface area contributed by atoms with Crippen LogP contribution in [0.1, 0.15) is 25.7 Å². The van der Waals surface area contributed by atoms with Crippen LogP contribution in [-0.2, 0) is 4.79 Å². The van der Waals surface area contributed by atoms with Gasteiger partial charge in [-0.15, -0.1) is 0 Å². The maximum Gasteiger partial charge on any atom is 0.145 e. The summed E-state index contributed by atoms with van der Waals surface area (Å²) >= 11 is 0. The van der Waals surface area contributed by atoms with Crippen LogP contribution in [-0.4, -0.2) is 26.4 Å². The van der Waals surface area contributed by atoms with E-state index in [1.54, 1.807) is 0 Å². The van der Waals surface area contributed by atoms with Crippen molar-refractivity contribution >= 4 is 5.78 Å². The van der Waals surface area contributed by atoms with Gasteiger partial charge in [0.1, 0.15) is 5.78 Å². The third-order valence-corrected chi connectivity index (χ3v) is 5.09. The number of rotatable bonds is 2. The van der Waals surface area contributed by atoms with Gasteiger partial charge in [0.2, 0.25) is 0 Å². The number of quaternary nitrogens is 1. The second-order valence-electron chi connectivity index (χ2n) is 6.18. The third-order valence-electron chi connectivity index (χ3n) is 5.09. The zero-order valence-corrected chi connectivity index (χ0v) is 9.83. The first kappa shape index (κ1) is 9.83. The Balaban J connectivity index is 1.81. The molecule has 0 aromatic rings. The van der Waals surface area contributed by atoms with E-state index in [4.69, 9.17) is 0 Å². The molecule has 1 N–H and O–H groups in total. The molecule has 0 spiro atoms. The van der Waals surface area contributed by atoms with E-state index in [0.29, 0.717) is 17.6 Å². The Labute approximate surface area is 92.0 Å². The summed E-state index contributed by atoms with van der Waals surface area (Å²) in [7, 11) is 4.34. The third kappa shape index (κ3) is 1.30. The highest BCUT2D eigenvalue weighted by Gasteiger charge is 2.59. The van der Waals surface area contributed by atoms with Crippen molar-refractivity contribution in [3.8, 4) is 0 Å². The smallest absolute Gasteiger partial charge is 0.145 e. The highest BCUT2D eigenvalue weighted by Crippen LogP contribution is 2.58. The fraction of sp³-hybridized carbons (Fsp3) is 0.923. The average molecular weight is 208 g/mol. The van der Waals surface area contributed by atoms with Crippen LogP contribution in [0.5, 0.6) is 0 Å². The predicted molar refractivity (Wildman–Crippen MR) is 58.6 cm³/mol. The molecule has 2 nitrogen and oxygen atoms in total. The van der Waals surface area contributed by atoms with Crippen molar-refractivity contribution in [3.05, 3.63) is 0 Å². The number of hydrogen-bond donors (Lipinski definition) is 1. The molecule has 84 valence electrons. The normalized spacial score (nSPS) is 47.9. The molecule has 3 rings (SSSR count). The molecule has 2 bridgehead atoms. The van der Waals surface area contributed by atoms with E-state index in [1.165, 1.54) is 30.6 Å². The van der Waals surface area contributed by atoms with Crippen LogP contribution in [0.25, 0.3) is 0 Å². The average Bonchev–Trinajstić information content (AvgIpc) is 2.77. The summed E-state index contributed by atoms with van der Waals surface area (Å²) in [6, 6.07) is 0. The Kier molecular flexibility index (Phi) is 2.17.